The Morgan fingerprint density at radius 2 is 2.25 bits per heavy atom. The highest BCUT2D eigenvalue weighted by Gasteiger charge is 2.11. The van der Waals surface area contributed by atoms with Gasteiger partial charge in [-0.3, -0.25) is 0 Å². The van der Waals surface area contributed by atoms with E-state index in [-0.39, 0.29) is 5.82 Å². The summed E-state index contributed by atoms with van der Waals surface area (Å²) in [4.78, 5) is 9.31. The molecule has 80 valence electrons. The van der Waals surface area contributed by atoms with Gasteiger partial charge in [-0.15, -0.1) is 11.3 Å². The minimum Gasteiger partial charge on any atom is -0.382 e. The quantitative estimate of drug-likeness (QED) is 0.877. The molecule has 0 bridgehead atoms. The molecule has 0 saturated carbocycles. The number of thiophene rings is 1. The van der Waals surface area contributed by atoms with Crippen LogP contribution < -0.4 is 5.73 Å². The maximum atomic E-state index is 8.85. The first-order valence-electron chi connectivity index (χ1n) is 4.40. The van der Waals surface area contributed by atoms with Crippen molar-refractivity contribution in [2.75, 3.05) is 5.73 Å². The molecule has 2 aromatic rings. The molecular formula is C10H7BrN4S. The first-order chi connectivity index (χ1) is 7.61. The Morgan fingerprint density at radius 1 is 1.50 bits per heavy atom. The van der Waals surface area contributed by atoms with Crippen molar-refractivity contribution in [3.63, 3.8) is 0 Å². The van der Waals surface area contributed by atoms with E-state index in [1.807, 2.05) is 17.5 Å². The minimum absolute atomic E-state index is 0.231. The van der Waals surface area contributed by atoms with Gasteiger partial charge in [-0.05, 0) is 28.9 Å². The number of hydrogen-bond donors (Lipinski definition) is 1. The summed E-state index contributed by atoms with van der Waals surface area (Å²) in [5.74, 6) is 0.791. The summed E-state index contributed by atoms with van der Waals surface area (Å²) in [7, 11) is 0. The third kappa shape index (κ3) is 1.92. The SMILES string of the molecule is Cc1nc(-c2cc(Br)cs2)nc(N)c1C#N. The van der Waals surface area contributed by atoms with Gasteiger partial charge in [0.2, 0.25) is 0 Å². The van der Waals surface area contributed by atoms with E-state index < -0.39 is 0 Å². The zero-order chi connectivity index (χ0) is 11.7. The first kappa shape index (κ1) is 11.0. The molecule has 0 amide bonds. The number of aryl methyl sites for hydroxylation is 1. The summed E-state index contributed by atoms with van der Waals surface area (Å²) in [6.07, 6.45) is 0. The van der Waals surface area contributed by atoms with E-state index in [1.54, 1.807) is 6.92 Å². The Labute approximate surface area is 105 Å². The van der Waals surface area contributed by atoms with E-state index >= 15 is 0 Å². The zero-order valence-corrected chi connectivity index (χ0v) is 10.8. The normalized spacial score (nSPS) is 10.1. The van der Waals surface area contributed by atoms with Crippen LogP contribution in [0.2, 0.25) is 0 Å². The topological polar surface area (TPSA) is 75.6 Å². The molecule has 0 fully saturated rings. The van der Waals surface area contributed by atoms with Gasteiger partial charge in [0.15, 0.2) is 5.82 Å². The Balaban J connectivity index is 2.57. The molecule has 0 aromatic carbocycles. The average Bonchev–Trinajstić information content (AvgIpc) is 2.64. The van der Waals surface area contributed by atoms with Gasteiger partial charge in [0.1, 0.15) is 17.5 Å². The van der Waals surface area contributed by atoms with Crippen LogP contribution in [0.15, 0.2) is 15.9 Å². The van der Waals surface area contributed by atoms with Crippen molar-refractivity contribution in [1.82, 2.24) is 9.97 Å². The maximum Gasteiger partial charge on any atom is 0.171 e. The van der Waals surface area contributed by atoms with E-state index in [2.05, 4.69) is 25.9 Å². The molecule has 0 saturated heterocycles. The van der Waals surface area contributed by atoms with Gasteiger partial charge in [0, 0.05) is 9.85 Å². The number of aromatic nitrogens is 2. The monoisotopic (exact) mass is 294 g/mol. The van der Waals surface area contributed by atoms with Crippen molar-refractivity contribution in [1.29, 1.82) is 5.26 Å². The molecule has 0 radical (unpaired) electrons. The maximum absolute atomic E-state index is 8.85. The molecule has 2 N–H and O–H groups in total. The Bertz CT molecular complexity index is 562. The van der Waals surface area contributed by atoms with Gasteiger partial charge in [-0.2, -0.15) is 5.26 Å². The molecule has 4 nitrogen and oxygen atoms in total. The second-order valence-corrected chi connectivity index (χ2v) is 4.96. The van der Waals surface area contributed by atoms with Gasteiger partial charge in [-0.1, -0.05) is 0 Å². The number of halogens is 1. The van der Waals surface area contributed by atoms with Crippen molar-refractivity contribution < 1.29 is 0 Å². The lowest BCUT2D eigenvalue weighted by atomic mass is 10.2. The van der Waals surface area contributed by atoms with Gasteiger partial charge >= 0.3 is 0 Å². The molecule has 0 aliphatic heterocycles. The van der Waals surface area contributed by atoms with Crippen LogP contribution in [0.1, 0.15) is 11.3 Å². The van der Waals surface area contributed by atoms with Gasteiger partial charge in [0.25, 0.3) is 0 Å². The van der Waals surface area contributed by atoms with E-state index in [0.717, 1.165) is 9.35 Å². The highest BCUT2D eigenvalue weighted by molar-refractivity contribution is 9.10. The number of nitrogen functional groups attached to an aromatic ring is 1. The lowest BCUT2D eigenvalue weighted by Gasteiger charge is -2.03. The molecule has 0 unspecified atom stereocenters. The summed E-state index contributed by atoms with van der Waals surface area (Å²) in [5, 5.41) is 10.8. The second-order valence-electron chi connectivity index (χ2n) is 3.13. The summed E-state index contributed by atoms with van der Waals surface area (Å²) in [5.41, 5.74) is 6.65. The van der Waals surface area contributed by atoms with Crippen molar-refractivity contribution in [2.24, 2.45) is 0 Å². The summed E-state index contributed by atoms with van der Waals surface area (Å²) < 4.78 is 0.983. The van der Waals surface area contributed by atoms with Gasteiger partial charge in [0.05, 0.1) is 10.6 Å². The van der Waals surface area contributed by atoms with Crippen LogP contribution in [0.5, 0.6) is 0 Å². The molecule has 0 atom stereocenters. The van der Waals surface area contributed by atoms with Crippen molar-refractivity contribution >= 4 is 33.1 Å². The summed E-state index contributed by atoms with van der Waals surface area (Å²) >= 11 is 4.89. The summed E-state index contributed by atoms with van der Waals surface area (Å²) in [6.45, 7) is 1.75. The fraction of sp³-hybridized carbons (Fsp3) is 0.100. The van der Waals surface area contributed by atoms with Gasteiger partial charge < -0.3 is 5.73 Å². The van der Waals surface area contributed by atoms with E-state index in [4.69, 9.17) is 11.0 Å². The number of hydrogen-bond acceptors (Lipinski definition) is 5. The second kappa shape index (κ2) is 4.20. The van der Waals surface area contributed by atoms with Crippen LogP contribution in [-0.2, 0) is 0 Å². The van der Waals surface area contributed by atoms with Crippen LogP contribution in [-0.4, -0.2) is 9.97 Å². The standard InChI is InChI=1S/C10H7BrN4S/c1-5-7(3-12)9(13)15-10(14-5)8-2-6(11)4-16-8/h2,4H,1H3,(H2,13,14,15). The number of rotatable bonds is 1. The van der Waals surface area contributed by atoms with Crippen molar-refractivity contribution in [3.05, 3.63) is 27.2 Å². The lowest BCUT2D eigenvalue weighted by Crippen LogP contribution is -2.02. The predicted octanol–water partition coefficient (Wildman–Crippen LogP) is 2.73. The highest BCUT2D eigenvalue weighted by atomic mass is 79.9. The largest absolute Gasteiger partial charge is 0.382 e. The molecule has 2 heterocycles. The first-order valence-corrected chi connectivity index (χ1v) is 6.07. The molecular weight excluding hydrogens is 288 g/mol. The third-order valence-corrected chi connectivity index (χ3v) is 3.70. The molecule has 0 aliphatic rings. The van der Waals surface area contributed by atoms with Crippen molar-refractivity contribution in [3.8, 4) is 16.8 Å². The van der Waals surface area contributed by atoms with E-state index in [9.17, 15) is 0 Å². The number of nitriles is 1. The summed E-state index contributed by atoms with van der Waals surface area (Å²) in [6, 6.07) is 3.91. The average molecular weight is 295 g/mol. The predicted molar refractivity (Wildman–Crippen MR) is 66.9 cm³/mol. The van der Waals surface area contributed by atoms with Crippen LogP contribution in [0.3, 0.4) is 0 Å². The van der Waals surface area contributed by atoms with Gasteiger partial charge in [-0.25, -0.2) is 9.97 Å². The Hall–Kier alpha value is -1.45. The smallest absolute Gasteiger partial charge is 0.171 e. The van der Waals surface area contributed by atoms with Crippen molar-refractivity contribution in [2.45, 2.75) is 6.92 Å². The Morgan fingerprint density at radius 3 is 2.75 bits per heavy atom. The number of nitrogens with two attached hydrogens (primary N) is 1. The molecule has 2 rings (SSSR count). The Kier molecular flexibility index (Phi) is 2.90. The minimum atomic E-state index is 0.231. The molecule has 2 aromatic heterocycles. The van der Waals surface area contributed by atoms with E-state index in [0.29, 0.717) is 17.1 Å². The molecule has 0 aliphatic carbocycles. The number of nitrogens with zero attached hydrogens (tertiary/aromatic N) is 3. The van der Waals surface area contributed by atoms with Crippen LogP contribution in [0.25, 0.3) is 10.7 Å². The third-order valence-electron chi connectivity index (χ3n) is 2.02. The molecule has 16 heavy (non-hydrogen) atoms. The highest BCUT2D eigenvalue weighted by Crippen LogP contribution is 2.28. The van der Waals surface area contributed by atoms with Crippen LogP contribution >= 0.6 is 27.3 Å². The van der Waals surface area contributed by atoms with Crippen LogP contribution in [0.4, 0.5) is 5.82 Å². The lowest BCUT2D eigenvalue weighted by molar-refractivity contribution is 1.11. The molecule has 6 heteroatoms. The van der Waals surface area contributed by atoms with Crippen LogP contribution in [0, 0.1) is 18.3 Å². The number of anilines is 1. The fourth-order valence-electron chi connectivity index (χ4n) is 1.27. The van der Waals surface area contributed by atoms with E-state index in [1.165, 1.54) is 11.3 Å². The fourth-order valence-corrected chi connectivity index (χ4v) is 2.63. The zero-order valence-electron chi connectivity index (χ0n) is 8.36. The molecule has 0 spiro atoms.